The molecule has 1 aliphatic heterocycles. The lowest BCUT2D eigenvalue weighted by Gasteiger charge is -2.15. The Balaban J connectivity index is 1.96. The van der Waals surface area contributed by atoms with Crippen molar-refractivity contribution in [1.82, 2.24) is 4.90 Å². The van der Waals surface area contributed by atoms with E-state index < -0.39 is 0 Å². The number of carbonyl (C=O) groups excluding carboxylic acids is 1. The predicted molar refractivity (Wildman–Crippen MR) is 68.9 cm³/mol. The summed E-state index contributed by atoms with van der Waals surface area (Å²) >= 11 is 5.80. The molecule has 0 spiro atoms. The van der Waals surface area contributed by atoms with Crippen LogP contribution in [0.15, 0.2) is 24.3 Å². The lowest BCUT2D eigenvalue weighted by atomic mass is 10.1. The molecule has 2 rings (SSSR count). The number of halogens is 1. The average molecular weight is 253 g/mol. The van der Waals surface area contributed by atoms with Gasteiger partial charge in [-0.2, -0.15) is 0 Å². The molecule has 1 aromatic carbocycles. The molecule has 2 atom stereocenters. The van der Waals surface area contributed by atoms with Crippen LogP contribution < -0.4 is 5.73 Å². The maximum absolute atomic E-state index is 12.0. The second kappa shape index (κ2) is 5.07. The number of nitrogens with two attached hydrogens (primary N) is 1. The van der Waals surface area contributed by atoms with Gasteiger partial charge in [0.15, 0.2) is 0 Å². The van der Waals surface area contributed by atoms with Gasteiger partial charge in [-0.3, -0.25) is 4.79 Å². The monoisotopic (exact) mass is 252 g/mol. The summed E-state index contributed by atoms with van der Waals surface area (Å²) in [5.74, 6) is 0.538. The standard InChI is InChI=1S/C13H17ClN2O/c1-9-7-16(8-12(9)15)13(17)6-10-2-4-11(14)5-3-10/h2-5,9,12H,6-8,15H2,1H3. The van der Waals surface area contributed by atoms with Crippen LogP contribution >= 0.6 is 11.6 Å². The minimum Gasteiger partial charge on any atom is -0.341 e. The van der Waals surface area contributed by atoms with Crippen LogP contribution in [-0.4, -0.2) is 29.9 Å². The predicted octanol–water partition coefficient (Wildman–Crippen LogP) is 1.69. The van der Waals surface area contributed by atoms with Crippen LogP contribution in [0.3, 0.4) is 0 Å². The number of nitrogens with zero attached hydrogens (tertiary/aromatic N) is 1. The molecule has 4 heteroatoms. The van der Waals surface area contributed by atoms with E-state index in [-0.39, 0.29) is 11.9 Å². The summed E-state index contributed by atoms with van der Waals surface area (Å²) < 4.78 is 0. The molecule has 3 nitrogen and oxygen atoms in total. The maximum atomic E-state index is 12.0. The summed E-state index contributed by atoms with van der Waals surface area (Å²) in [5, 5.41) is 0.693. The molecule has 0 saturated carbocycles. The second-order valence-corrected chi connectivity index (χ2v) is 5.18. The van der Waals surface area contributed by atoms with Crippen LogP contribution in [0.1, 0.15) is 12.5 Å². The van der Waals surface area contributed by atoms with Crippen LogP contribution in [0.2, 0.25) is 5.02 Å². The van der Waals surface area contributed by atoms with E-state index in [9.17, 15) is 4.79 Å². The molecule has 92 valence electrons. The molecular weight excluding hydrogens is 236 g/mol. The molecule has 1 fully saturated rings. The van der Waals surface area contributed by atoms with Gasteiger partial charge in [0.2, 0.25) is 5.91 Å². The van der Waals surface area contributed by atoms with E-state index in [1.165, 1.54) is 0 Å². The Hall–Kier alpha value is -1.06. The fourth-order valence-corrected chi connectivity index (χ4v) is 2.21. The number of hydrogen-bond donors (Lipinski definition) is 1. The first-order valence-electron chi connectivity index (χ1n) is 5.84. The summed E-state index contributed by atoms with van der Waals surface area (Å²) in [4.78, 5) is 13.9. The summed E-state index contributed by atoms with van der Waals surface area (Å²) in [5.41, 5.74) is 6.90. The smallest absolute Gasteiger partial charge is 0.227 e. The highest BCUT2D eigenvalue weighted by Crippen LogP contribution is 2.16. The molecule has 0 aliphatic carbocycles. The first kappa shape index (κ1) is 12.4. The zero-order valence-electron chi connectivity index (χ0n) is 9.90. The molecule has 0 bridgehead atoms. The van der Waals surface area contributed by atoms with Crippen LogP contribution in [0, 0.1) is 5.92 Å². The van der Waals surface area contributed by atoms with Crippen molar-refractivity contribution in [2.45, 2.75) is 19.4 Å². The van der Waals surface area contributed by atoms with Gasteiger partial charge in [0.25, 0.3) is 0 Å². The lowest BCUT2D eigenvalue weighted by molar-refractivity contribution is -0.129. The van der Waals surface area contributed by atoms with Crippen LogP contribution in [0.25, 0.3) is 0 Å². The van der Waals surface area contributed by atoms with Gasteiger partial charge in [0.1, 0.15) is 0 Å². The molecule has 0 aromatic heterocycles. The number of hydrogen-bond acceptors (Lipinski definition) is 2. The van der Waals surface area contributed by atoms with Crippen molar-refractivity contribution in [3.05, 3.63) is 34.9 Å². The van der Waals surface area contributed by atoms with E-state index in [4.69, 9.17) is 17.3 Å². The minimum absolute atomic E-state index is 0.115. The van der Waals surface area contributed by atoms with Crippen molar-refractivity contribution in [1.29, 1.82) is 0 Å². The van der Waals surface area contributed by atoms with E-state index in [0.717, 1.165) is 12.1 Å². The highest BCUT2D eigenvalue weighted by atomic mass is 35.5. The topological polar surface area (TPSA) is 46.3 Å². The van der Waals surface area contributed by atoms with E-state index in [1.807, 2.05) is 29.2 Å². The number of likely N-dealkylation sites (tertiary alicyclic amines) is 1. The average Bonchev–Trinajstić information content (AvgIpc) is 2.63. The van der Waals surface area contributed by atoms with Crippen molar-refractivity contribution in [2.75, 3.05) is 13.1 Å². The molecule has 1 heterocycles. The van der Waals surface area contributed by atoms with Gasteiger partial charge in [0.05, 0.1) is 6.42 Å². The summed E-state index contributed by atoms with van der Waals surface area (Å²) in [6.07, 6.45) is 0.427. The van der Waals surface area contributed by atoms with Gasteiger partial charge in [0, 0.05) is 24.2 Å². The van der Waals surface area contributed by atoms with Crippen molar-refractivity contribution in [3.63, 3.8) is 0 Å². The third kappa shape index (κ3) is 2.99. The second-order valence-electron chi connectivity index (χ2n) is 4.74. The van der Waals surface area contributed by atoms with Crippen LogP contribution in [0.5, 0.6) is 0 Å². The quantitative estimate of drug-likeness (QED) is 0.871. The van der Waals surface area contributed by atoms with E-state index in [2.05, 4.69) is 6.92 Å². The Bertz CT molecular complexity index is 394. The number of amides is 1. The Labute approximate surface area is 107 Å². The third-order valence-corrected chi connectivity index (χ3v) is 3.54. The highest BCUT2D eigenvalue weighted by Gasteiger charge is 2.29. The maximum Gasteiger partial charge on any atom is 0.227 e. The van der Waals surface area contributed by atoms with Gasteiger partial charge >= 0.3 is 0 Å². The zero-order valence-corrected chi connectivity index (χ0v) is 10.7. The van der Waals surface area contributed by atoms with Crippen molar-refractivity contribution >= 4 is 17.5 Å². The van der Waals surface area contributed by atoms with E-state index in [0.29, 0.717) is 23.9 Å². The van der Waals surface area contributed by atoms with Gasteiger partial charge in [-0.1, -0.05) is 30.7 Å². The molecule has 0 radical (unpaired) electrons. The number of rotatable bonds is 2. The molecule has 1 amide bonds. The molecule has 2 unspecified atom stereocenters. The Kier molecular flexibility index (Phi) is 3.69. The van der Waals surface area contributed by atoms with Crippen molar-refractivity contribution < 1.29 is 4.79 Å². The summed E-state index contributed by atoms with van der Waals surface area (Å²) in [6, 6.07) is 7.51. The minimum atomic E-state index is 0.115. The van der Waals surface area contributed by atoms with E-state index in [1.54, 1.807) is 0 Å². The molecule has 17 heavy (non-hydrogen) atoms. The fourth-order valence-electron chi connectivity index (χ4n) is 2.08. The molecule has 1 aromatic rings. The van der Waals surface area contributed by atoms with E-state index >= 15 is 0 Å². The third-order valence-electron chi connectivity index (χ3n) is 3.29. The van der Waals surface area contributed by atoms with Gasteiger partial charge in [-0.25, -0.2) is 0 Å². The molecule has 2 N–H and O–H groups in total. The first-order valence-corrected chi connectivity index (χ1v) is 6.22. The van der Waals surface area contributed by atoms with Gasteiger partial charge < -0.3 is 10.6 Å². The Morgan fingerprint density at radius 2 is 2.06 bits per heavy atom. The van der Waals surface area contributed by atoms with Crippen LogP contribution in [0.4, 0.5) is 0 Å². The fraction of sp³-hybridized carbons (Fsp3) is 0.462. The summed E-state index contributed by atoms with van der Waals surface area (Å²) in [6.45, 7) is 3.53. The number of carbonyl (C=O) groups is 1. The molecule has 1 aliphatic rings. The Morgan fingerprint density at radius 1 is 1.41 bits per heavy atom. The highest BCUT2D eigenvalue weighted by molar-refractivity contribution is 6.30. The summed E-state index contributed by atoms with van der Waals surface area (Å²) in [7, 11) is 0. The van der Waals surface area contributed by atoms with Crippen LogP contribution in [-0.2, 0) is 11.2 Å². The zero-order chi connectivity index (χ0) is 12.4. The largest absolute Gasteiger partial charge is 0.341 e. The van der Waals surface area contributed by atoms with Gasteiger partial charge in [-0.05, 0) is 23.6 Å². The molecule has 1 saturated heterocycles. The normalized spacial score (nSPS) is 24.1. The number of benzene rings is 1. The van der Waals surface area contributed by atoms with Gasteiger partial charge in [-0.15, -0.1) is 0 Å². The first-order chi connectivity index (χ1) is 8.06. The molecular formula is C13H17ClN2O. The lowest BCUT2D eigenvalue weighted by Crippen LogP contribution is -2.33. The van der Waals surface area contributed by atoms with Crippen molar-refractivity contribution in [2.24, 2.45) is 11.7 Å². The Morgan fingerprint density at radius 3 is 2.59 bits per heavy atom. The SMILES string of the molecule is CC1CN(C(=O)Cc2ccc(Cl)cc2)CC1N. The van der Waals surface area contributed by atoms with Crippen molar-refractivity contribution in [3.8, 4) is 0 Å².